The molecule has 0 fully saturated rings. The van der Waals surface area contributed by atoms with Crippen molar-refractivity contribution in [2.24, 2.45) is 0 Å². The second-order valence-electron chi connectivity index (χ2n) is 4.25. The summed E-state index contributed by atoms with van der Waals surface area (Å²) in [6.45, 7) is 4.32. The summed E-state index contributed by atoms with van der Waals surface area (Å²) >= 11 is 5.86. The van der Waals surface area contributed by atoms with E-state index in [1.54, 1.807) is 7.05 Å². The molecule has 1 aromatic rings. The molecule has 0 atom stereocenters. The monoisotopic (exact) mass is 282 g/mol. The number of hydrogen-bond donors (Lipinski definition) is 1. The van der Waals surface area contributed by atoms with E-state index in [9.17, 15) is 14.0 Å². The molecule has 0 aromatic heterocycles. The van der Waals surface area contributed by atoms with Gasteiger partial charge < -0.3 is 5.32 Å². The average Bonchev–Trinajstić information content (AvgIpc) is 2.60. The number of nitrogens with zero attached hydrogens (tertiary/aromatic N) is 1. The fourth-order valence-corrected chi connectivity index (χ4v) is 2.27. The van der Waals surface area contributed by atoms with Gasteiger partial charge in [-0.3, -0.25) is 14.5 Å². The molecule has 0 saturated carbocycles. The van der Waals surface area contributed by atoms with E-state index in [1.165, 1.54) is 6.07 Å². The van der Waals surface area contributed by atoms with Crippen LogP contribution < -0.4 is 10.2 Å². The second kappa shape index (κ2) is 5.11. The van der Waals surface area contributed by atoms with Crippen LogP contribution >= 0.6 is 11.6 Å². The number of nitrogens with one attached hydrogen (secondary N) is 1. The van der Waals surface area contributed by atoms with Crippen LogP contribution in [0.1, 0.15) is 10.4 Å². The first kappa shape index (κ1) is 13.7. The fourth-order valence-electron chi connectivity index (χ4n) is 2.03. The summed E-state index contributed by atoms with van der Waals surface area (Å²) in [7, 11) is 1.73. The Bertz CT molecular complexity index is 586. The van der Waals surface area contributed by atoms with Crippen molar-refractivity contribution < 1.29 is 14.0 Å². The van der Waals surface area contributed by atoms with Crippen molar-refractivity contribution >= 4 is 29.0 Å². The molecule has 1 aliphatic heterocycles. The van der Waals surface area contributed by atoms with Gasteiger partial charge >= 0.3 is 0 Å². The minimum atomic E-state index is -0.781. The van der Waals surface area contributed by atoms with Crippen LogP contribution in [0.15, 0.2) is 24.3 Å². The van der Waals surface area contributed by atoms with Crippen molar-refractivity contribution in [3.05, 3.63) is 40.7 Å². The molecule has 0 unspecified atom stereocenters. The van der Waals surface area contributed by atoms with Crippen molar-refractivity contribution in [3.8, 4) is 0 Å². The summed E-state index contributed by atoms with van der Waals surface area (Å²) in [6, 6.07) is 2.41. The van der Waals surface area contributed by atoms with E-state index < -0.39 is 17.5 Å². The number of halogens is 2. The molecular weight excluding hydrogens is 271 g/mol. The standard InChI is InChI=1S/C13H12ClFN2O2/c1-7(5-16-2)6-17-11-9(15)4-3-8(14)10(11)12(18)13(17)19/h3-4,16H,1,5-6H2,2H3. The average molecular weight is 283 g/mol. The molecule has 0 spiro atoms. The summed E-state index contributed by atoms with van der Waals surface area (Å²) in [5.74, 6) is -2.20. The summed E-state index contributed by atoms with van der Waals surface area (Å²) in [5, 5.41) is 2.96. The predicted octanol–water partition coefficient (Wildman–Crippen LogP) is 1.78. The first-order chi connectivity index (χ1) is 8.97. The Kier molecular flexibility index (Phi) is 3.68. The summed E-state index contributed by atoms with van der Waals surface area (Å²) in [5.41, 5.74) is 0.541. The van der Waals surface area contributed by atoms with Gasteiger partial charge in [0.1, 0.15) is 5.82 Å². The minimum Gasteiger partial charge on any atom is -0.316 e. The minimum absolute atomic E-state index is 0.0558. The molecule has 4 nitrogen and oxygen atoms in total. The summed E-state index contributed by atoms with van der Waals surface area (Å²) in [6.07, 6.45) is 0. The fraction of sp³-hybridized carbons (Fsp3) is 0.231. The number of carbonyl (C=O) groups excluding carboxylic acids is 2. The van der Waals surface area contributed by atoms with E-state index in [2.05, 4.69) is 11.9 Å². The molecule has 0 aliphatic carbocycles. The number of rotatable bonds is 4. The molecule has 2 rings (SSSR count). The third kappa shape index (κ3) is 2.27. The van der Waals surface area contributed by atoms with Gasteiger partial charge in [0.25, 0.3) is 11.7 Å². The lowest BCUT2D eigenvalue weighted by molar-refractivity contribution is -0.114. The number of hydrogen-bond acceptors (Lipinski definition) is 3. The summed E-state index contributed by atoms with van der Waals surface area (Å²) < 4.78 is 13.9. The lowest BCUT2D eigenvalue weighted by atomic mass is 10.1. The Morgan fingerprint density at radius 1 is 1.47 bits per heavy atom. The zero-order valence-corrected chi connectivity index (χ0v) is 11.1. The quantitative estimate of drug-likeness (QED) is 0.676. The van der Waals surface area contributed by atoms with Crippen LogP contribution in [0.4, 0.5) is 10.1 Å². The zero-order valence-electron chi connectivity index (χ0n) is 10.3. The smallest absolute Gasteiger partial charge is 0.299 e. The van der Waals surface area contributed by atoms with Crippen LogP contribution in [-0.4, -0.2) is 31.8 Å². The zero-order chi connectivity index (χ0) is 14.2. The van der Waals surface area contributed by atoms with Gasteiger partial charge in [0.2, 0.25) is 0 Å². The van der Waals surface area contributed by atoms with Crippen LogP contribution in [0.2, 0.25) is 5.02 Å². The SMILES string of the molecule is C=C(CNC)CN1C(=O)C(=O)c2c(Cl)ccc(F)c21. The maximum absolute atomic E-state index is 13.9. The molecule has 19 heavy (non-hydrogen) atoms. The van der Waals surface area contributed by atoms with Gasteiger partial charge in [-0.1, -0.05) is 18.2 Å². The van der Waals surface area contributed by atoms with Gasteiger partial charge in [-0.15, -0.1) is 0 Å². The van der Waals surface area contributed by atoms with E-state index in [4.69, 9.17) is 11.6 Å². The molecule has 1 heterocycles. The van der Waals surface area contributed by atoms with Crippen molar-refractivity contribution in [3.63, 3.8) is 0 Å². The van der Waals surface area contributed by atoms with Gasteiger partial charge in [0.05, 0.1) is 16.3 Å². The topological polar surface area (TPSA) is 49.4 Å². The third-order valence-electron chi connectivity index (χ3n) is 2.82. The van der Waals surface area contributed by atoms with Gasteiger partial charge in [-0.25, -0.2) is 4.39 Å². The van der Waals surface area contributed by atoms with E-state index in [0.717, 1.165) is 11.0 Å². The molecule has 1 aromatic carbocycles. The van der Waals surface area contributed by atoms with Gasteiger partial charge in [-0.2, -0.15) is 0 Å². The Balaban J connectivity index is 2.44. The molecule has 100 valence electrons. The number of benzene rings is 1. The largest absolute Gasteiger partial charge is 0.316 e. The molecule has 1 aliphatic rings. The number of carbonyl (C=O) groups is 2. The highest BCUT2D eigenvalue weighted by Gasteiger charge is 2.39. The molecule has 0 bridgehead atoms. The number of fused-ring (bicyclic) bond motifs is 1. The van der Waals surface area contributed by atoms with Crippen molar-refractivity contribution in [2.45, 2.75) is 0 Å². The normalized spacial score (nSPS) is 13.9. The number of anilines is 1. The van der Waals surface area contributed by atoms with E-state index >= 15 is 0 Å². The number of amides is 1. The third-order valence-corrected chi connectivity index (χ3v) is 3.14. The van der Waals surface area contributed by atoms with Crippen LogP contribution in [0.3, 0.4) is 0 Å². The lowest BCUT2D eigenvalue weighted by Gasteiger charge is -2.18. The van der Waals surface area contributed by atoms with Crippen LogP contribution in [-0.2, 0) is 4.79 Å². The van der Waals surface area contributed by atoms with Gasteiger partial charge in [0.15, 0.2) is 0 Å². The van der Waals surface area contributed by atoms with Crippen LogP contribution in [0, 0.1) is 5.82 Å². The Morgan fingerprint density at radius 3 is 2.79 bits per heavy atom. The maximum Gasteiger partial charge on any atom is 0.299 e. The first-order valence-electron chi connectivity index (χ1n) is 5.62. The van der Waals surface area contributed by atoms with Crippen molar-refractivity contribution in [1.82, 2.24) is 5.32 Å². The van der Waals surface area contributed by atoms with Crippen molar-refractivity contribution in [2.75, 3.05) is 25.0 Å². The first-order valence-corrected chi connectivity index (χ1v) is 6.00. The van der Waals surface area contributed by atoms with E-state index in [0.29, 0.717) is 12.1 Å². The molecule has 1 N–H and O–H groups in total. The molecule has 6 heteroatoms. The summed E-state index contributed by atoms with van der Waals surface area (Å²) in [4.78, 5) is 24.8. The molecular formula is C13H12ClFN2O2. The molecule has 0 saturated heterocycles. The number of ketones is 1. The highest BCUT2D eigenvalue weighted by Crippen LogP contribution is 2.36. The Labute approximate surface area is 114 Å². The van der Waals surface area contributed by atoms with Gasteiger partial charge in [-0.05, 0) is 24.8 Å². The van der Waals surface area contributed by atoms with Crippen LogP contribution in [0.5, 0.6) is 0 Å². The van der Waals surface area contributed by atoms with E-state index in [-0.39, 0.29) is 22.8 Å². The highest BCUT2D eigenvalue weighted by molar-refractivity contribution is 6.55. The van der Waals surface area contributed by atoms with Crippen LogP contribution in [0.25, 0.3) is 0 Å². The van der Waals surface area contributed by atoms with Gasteiger partial charge in [0, 0.05) is 13.1 Å². The van der Waals surface area contributed by atoms with E-state index in [1.807, 2.05) is 0 Å². The second-order valence-corrected chi connectivity index (χ2v) is 4.66. The molecule has 0 radical (unpaired) electrons. The predicted molar refractivity (Wildman–Crippen MR) is 71.2 cm³/mol. The lowest BCUT2D eigenvalue weighted by Crippen LogP contribution is -2.33. The Hall–Kier alpha value is -1.72. The number of Topliss-reactive ketones (excluding diaryl/α,β-unsaturated/α-hetero) is 1. The van der Waals surface area contributed by atoms with Crippen molar-refractivity contribution in [1.29, 1.82) is 0 Å². The Morgan fingerprint density at radius 2 is 2.16 bits per heavy atom. The maximum atomic E-state index is 13.9. The number of likely N-dealkylation sites (N-methyl/N-ethyl adjacent to an activating group) is 1. The highest BCUT2D eigenvalue weighted by atomic mass is 35.5. The molecule has 1 amide bonds.